The summed E-state index contributed by atoms with van der Waals surface area (Å²) in [7, 11) is 0. The summed E-state index contributed by atoms with van der Waals surface area (Å²) in [5.41, 5.74) is 33.0. The highest BCUT2D eigenvalue weighted by molar-refractivity contribution is 5.92. The Hall–Kier alpha value is -6.05. The van der Waals surface area contributed by atoms with Gasteiger partial charge in [-0.25, -0.2) is 9.97 Å². The van der Waals surface area contributed by atoms with Gasteiger partial charge in [0.1, 0.15) is 5.82 Å². The van der Waals surface area contributed by atoms with Crippen molar-refractivity contribution in [2.45, 2.75) is 244 Å². The van der Waals surface area contributed by atoms with Gasteiger partial charge >= 0.3 is 0 Å². The number of fused-ring (bicyclic) bond motifs is 4. The van der Waals surface area contributed by atoms with Gasteiger partial charge in [-0.15, -0.1) is 0 Å². The summed E-state index contributed by atoms with van der Waals surface area (Å²) >= 11 is 0. The monoisotopic (exact) mass is 1220 g/mol. The molecule has 8 aromatic rings. The molecule has 0 amide bonds. The third kappa shape index (κ3) is 21.8. The molecular weight excluding hydrogens is 1100 g/mol. The summed E-state index contributed by atoms with van der Waals surface area (Å²) in [5.74, 6) is 3.96. The quantitative estimate of drug-likeness (QED) is 0.151. The summed E-state index contributed by atoms with van der Waals surface area (Å²) in [4.78, 5) is 12.0. The Morgan fingerprint density at radius 3 is 1.38 bits per heavy atom. The predicted molar refractivity (Wildman–Crippen MR) is 389 cm³/mol. The highest BCUT2D eigenvalue weighted by Crippen LogP contribution is 2.34. The van der Waals surface area contributed by atoms with E-state index in [1.54, 1.807) is 33.4 Å². The minimum Gasteiger partial charge on any atom is -0.378 e. The molecule has 4 atom stereocenters. The molecule has 4 aliphatic rings. The van der Waals surface area contributed by atoms with Crippen LogP contribution in [-0.2, 0) is 39.9 Å². The van der Waals surface area contributed by atoms with Crippen LogP contribution in [0.3, 0.4) is 0 Å². The van der Waals surface area contributed by atoms with E-state index >= 15 is 0 Å². The van der Waals surface area contributed by atoms with Gasteiger partial charge in [0.2, 0.25) is 0 Å². The fraction of sp³-hybridized carbons (Fsp3) is 0.512. The van der Waals surface area contributed by atoms with Crippen molar-refractivity contribution in [2.75, 3.05) is 19.8 Å². The molecule has 0 N–H and O–H groups in total. The first-order chi connectivity index (χ1) is 42.4. The van der Waals surface area contributed by atoms with Crippen LogP contribution >= 0.6 is 0 Å². The third-order valence-corrected chi connectivity index (χ3v) is 19.7. The van der Waals surface area contributed by atoms with Gasteiger partial charge in [0, 0.05) is 36.8 Å². The van der Waals surface area contributed by atoms with E-state index < -0.39 is 0 Å². The van der Waals surface area contributed by atoms with E-state index in [1.807, 2.05) is 59.3 Å². The lowest BCUT2D eigenvalue weighted by Gasteiger charge is -2.25. The van der Waals surface area contributed by atoms with Crippen molar-refractivity contribution >= 4 is 21.5 Å². The van der Waals surface area contributed by atoms with Crippen molar-refractivity contribution in [3.05, 3.63) is 213 Å². The van der Waals surface area contributed by atoms with Crippen LogP contribution in [-0.4, -0.2) is 47.2 Å². The van der Waals surface area contributed by atoms with Crippen molar-refractivity contribution in [1.29, 1.82) is 0 Å². The normalized spacial score (nSPS) is 18.8. The number of aromatic nitrogens is 3. The highest BCUT2D eigenvalue weighted by Gasteiger charge is 2.21. The van der Waals surface area contributed by atoms with Gasteiger partial charge in [-0.05, 0) is 366 Å². The van der Waals surface area contributed by atoms with Crippen LogP contribution < -0.4 is 0 Å². The molecule has 0 spiro atoms. The number of rotatable bonds is 0. The SMILES string of the molecule is CC1CCC(C)OC1.CC1COC(C)OC1.Cc1cc(C)c2c(C)c(C)c(C)cc2c1.Cc1cc2c(c(C)c1C)CC(C)CC2.Cc1cc2c(c(C)c1C)CCC(C)C2.Cc1cc2ccc(C)c(C)c2c(C)c1C.Cc1ccc(C)nc1.Cc1cnc(C)nc1. The van der Waals surface area contributed by atoms with Crippen LogP contribution in [0.4, 0.5) is 0 Å². The second-order valence-electron chi connectivity index (χ2n) is 28.0. The van der Waals surface area contributed by atoms with Crippen molar-refractivity contribution in [2.24, 2.45) is 23.7 Å². The fourth-order valence-electron chi connectivity index (χ4n) is 12.6. The standard InChI is InChI=1S/2C15H18.2C14H20.C7H9N.C7H14O.C6H8N2.C6H12O2/c1-9-6-11(3)15-13(5)12(4)10(2)8-14(15)7-9;1-9-6-7-14-8-10(2)11(3)13(5)15(14)12(9)4;1-9-5-6-14-12(4)11(3)10(2)8-13(14)7-9;1-9-5-6-13-8-10(2)11(3)12(4)14(13)7-9;2*1-6-3-4-7(2)8-5-6;2*1-5-3-7-6(2)8-4-5/h2*6-8H,1-5H3;2*8-9H,5-7H2,1-4H3;3-5H,1-2H3;6-7H,3-5H2,1-2H3;3-4H,1-2H3;5-6H,3-4H2,1-2H3. The number of pyridine rings is 1. The van der Waals surface area contributed by atoms with E-state index in [9.17, 15) is 0 Å². The molecule has 12 rings (SSSR count). The largest absolute Gasteiger partial charge is 0.378 e. The molecule has 2 aromatic heterocycles. The molecule has 6 heteroatoms. The van der Waals surface area contributed by atoms with Crippen LogP contribution in [0.25, 0.3) is 21.5 Å². The maximum Gasteiger partial charge on any atom is 0.154 e. The fourth-order valence-corrected chi connectivity index (χ4v) is 12.6. The Kier molecular flexibility index (Phi) is 29.1. The summed E-state index contributed by atoms with van der Waals surface area (Å²) in [6, 6.07) is 22.5. The van der Waals surface area contributed by atoms with Crippen LogP contribution in [0.5, 0.6) is 0 Å². The molecule has 0 radical (unpaired) electrons. The number of hydrogen-bond donors (Lipinski definition) is 0. The lowest BCUT2D eigenvalue weighted by molar-refractivity contribution is -0.187. The number of hydrogen-bond acceptors (Lipinski definition) is 6. The van der Waals surface area contributed by atoms with Crippen LogP contribution in [0.15, 0.2) is 79.3 Å². The zero-order chi connectivity index (χ0) is 66.8. The number of benzene rings is 6. The Labute approximate surface area is 548 Å². The summed E-state index contributed by atoms with van der Waals surface area (Å²) in [6.07, 6.45) is 16.5. The molecule has 488 valence electrons. The van der Waals surface area contributed by atoms with Crippen molar-refractivity contribution in [1.82, 2.24) is 15.0 Å². The van der Waals surface area contributed by atoms with E-state index in [0.717, 1.165) is 54.7 Å². The Morgan fingerprint density at radius 2 is 0.844 bits per heavy atom. The smallest absolute Gasteiger partial charge is 0.154 e. The van der Waals surface area contributed by atoms with Gasteiger partial charge < -0.3 is 14.2 Å². The third-order valence-electron chi connectivity index (χ3n) is 19.7. The van der Waals surface area contributed by atoms with E-state index in [4.69, 9.17) is 14.2 Å². The van der Waals surface area contributed by atoms with Gasteiger partial charge in [0.15, 0.2) is 6.29 Å². The lowest BCUT2D eigenvalue weighted by Crippen LogP contribution is -2.27. The molecule has 4 unspecified atom stereocenters. The van der Waals surface area contributed by atoms with Crippen molar-refractivity contribution in [3.63, 3.8) is 0 Å². The summed E-state index contributed by atoms with van der Waals surface area (Å²) in [5, 5.41) is 5.63. The Balaban J connectivity index is 0.000000190. The molecular formula is C84H119N3O3. The number of nitrogens with zero attached hydrogens (tertiary/aromatic N) is 3. The topological polar surface area (TPSA) is 66.4 Å². The van der Waals surface area contributed by atoms with Gasteiger partial charge in [-0.2, -0.15) is 0 Å². The van der Waals surface area contributed by atoms with E-state index in [2.05, 4.69) is 215 Å². The van der Waals surface area contributed by atoms with Crippen LogP contribution in [0.1, 0.15) is 201 Å². The molecule has 6 aromatic carbocycles. The highest BCUT2D eigenvalue weighted by atomic mass is 16.7. The average molecular weight is 1220 g/mol. The molecule has 0 saturated carbocycles. The van der Waals surface area contributed by atoms with Crippen molar-refractivity contribution in [3.8, 4) is 0 Å². The predicted octanol–water partition coefficient (Wildman–Crippen LogP) is 21.9. The molecule has 2 aliphatic carbocycles. The maximum atomic E-state index is 5.39. The lowest BCUT2D eigenvalue weighted by atomic mass is 9.80. The van der Waals surface area contributed by atoms with Gasteiger partial charge in [0.25, 0.3) is 0 Å². The first kappa shape index (κ1) is 74.7. The summed E-state index contributed by atoms with van der Waals surface area (Å²) < 4.78 is 15.7. The first-order valence-electron chi connectivity index (χ1n) is 34.0. The second kappa shape index (κ2) is 35.1. The van der Waals surface area contributed by atoms with Gasteiger partial charge in [0.05, 0.1) is 19.3 Å². The first-order valence-corrected chi connectivity index (χ1v) is 34.0. The van der Waals surface area contributed by atoms with E-state index in [-0.39, 0.29) is 6.29 Å². The van der Waals surface area contributed by atoms with Crippen LogP contribution in [0.2, 0.25) is 0 Å². The van der Waals surface area contributed by atoms with Crippen LogP contribution in [0, 0.1) is 162 Å². The number of aryl methyl sites for hydroxylation is 15. The molecule has 2 fully saturated rings. The molecule has 6 nitrogen and oxygen atoms in total. The van der Waals surface area contributed by atoms with Gasteiger partial charge in [-0.1, -0.05) is 87.9 Å². The average Bonchev–Trinajstić information content (AvgIpc) is 0.848. The van der Waals surface area contributed by atoms with E-state index in [0.29, 0.717) is 12.0 Å². The molecule has 90 heavy (non-hydrogen) atoms. The molecule has 2 saturated heterocycles. The molecule has 2 aliphatic heterocycles. The minimum absolute atomic E-state index is 0.0196. The minimum atomic E-state index is 0.0196. The van der Waals surface area contributed by atoms with Gasteiger partial charge in [-0.3, -0.25) is 4.98 Å². The van der Waals surface area contributed by atoms with Crippen molar-refractivity contribution < 1.29 is 14.2 Å². The molecule has 4 heterocycles. The Morgan fingerprint density at radius 1 is 0.333 bits per heavy atom. The summed E-state index contributed by atoms with van der Waals surface area (Å²) in [6.45, 7) is 59.3. The Bertz CT molecular complexity index is 3470. The second-order valence-corrected chi connectivity index (χ2v) is 28.0. The molecule has 0 bridgehead atoms. The zero-order valence-electron chi connectivity index (χ0n) is 61.3. The zero-order valence-corrected chi connectivity index (χ0v) is 61.3. The van der Waals surface area contributed by atoms with E-state index in [1.165, 1.54) is 156 Å². The maximum absolute atomic E-state index is 5.39. The number of ether oxygens (including phenoxy) is 3.